The van der Waals surface area contributed by atoms with E-state index >= 15 is 0 Å². The van der Waals surface area contributed by atoms with E-state index in [0.717, 1.165) is 38.0 Å². The maximum atomic E-state index is 11.7. The summed E-state index contributed by atoms with van der Waals surface area (Å²) >= 11 is 0. The van der Waals surface area contributed by atoms with Crippen molar-refractivity contribution in [1.82, 2.24) is 0 Å². The average Bonchev–Trinajstić information content (AvgIpc) is 2.71. The maximum absolute atomic E-state index is 11.7. The average molecular weight is 383 g/mol. The molecule has 0 spiro atoms. The molecule has 1 rings (SSSR count). The van der Waals surface area contributed by atoms with Crippen LogP contribution in [0.25, 0.3) is 0 Å². The Morgan fingerprint density at radius 2 is 2.00 bits per heavy atom. The minimum Gasteiger partial charge on any atom is -0.469 e. The van der Waals surface area contributed by atoms with Gasteiger partial charge in [-0.1, -0.05) is 78.4 Å². The Hall–Kier alpha value is -0.870. The molecule has 4 heteroatoms. The van der Waals surface area contributed by atoms with Gasteiger partial charge < -0.3 is 4.74 Å². The van der Waals surface area contributed by atoms with Crippen molar-refractivity contribution < 1.29 is 19.3 Å². The number of methoxy groups -OCH3 is 1. The number of ether oxygens (including phenoxy) is 1. The molecule has 1 heterocycles. The number of rotatable bonds is 12. The van der Waals surface area contributed by atoms with Crippen LogP contribution in [0.1, 0.15) is 98.8 Å². The number of unbranched alkanes of at least 4 members (excludes halogenated alkanes) is 1. The summed E-state index contributed by atoms with van der Waals surface area (Å²) in [6, 6.07) is 0. The van der Waals surface area contributed by atoms with Gasteiger partial charge in [0.05, 0.1) is 13.5 Å². The summed E-state index contributed by atoms with van der Waals surface area (Å²) in [5.41, 5.74) is 1.10. The third-order valence-electron chi connectivity index (χ3n) is 6.20. The molecule has 0 aromatic heterocycles. The Balaban J connectivity index is 2.88. The van der Waals surface area contributed by atoms with E-state index in [1.807, 2.05) is 0 Å². The van der Waals surface area contributed by atoms with Crippen LogP contribution < -0.4 is 0 Å². The first kappa shape index (κ1) is 24.2. The SMILES string of the molecule is CCCCC(CC)C/C(=C/[C@]1(CC)C[C@@H](CC)[C@@H](CC(=O)OC)OO1)CC. The van der Waals surface area contributed by atoms with E-state index in [1.165, 1.54) is 38.4 Å². The molecule has 0 radical (unpaired) electrons. The number of hydrogen-bond donors (Lipinski definition) is 0. The molecule has 0 amide bonds. The summed E-state index contributed by atoms with van der Waals surface area (Å²) in [5, 5.41) is 0. The minimum absolute atomic E-state index is 0.214. The van der Waals surface area contributed by atoms with Crippen LogP contribution in [0.5, 0.6) is 0 Å². The van der Waals surface area contributed by atoms with Crippen molar-refractivity contribution in [2.45, 2.75) is 111 Å². The maximum Gasteiger partial charge on any atom is 0.308 e. The van der Waals surface area contributed by atoms with E-state index in [1.54, 1.807) is 0 Å². The lowest BCUT2D eigenvalue weighted by atomic mass is 9.79. The Morgan fingerprint density at radius 3 is 2.52 bits per heavy atom. The van der Waals surface area contributed by atoms with Crippen LogP contribution in [-0.4, -0.2) is 24.8 Å². The molecule has 0 aromatic rings. The second kappa shape index (κ2) is 12.6. The van der Waals surface area contributed by atoms with Gasteiger partial charge in [0.15, 0.2) is 0 Å². The smallest absolute Gasteiger partial charge is 0.308 e. The standard InChI is InChI=1S/C23H42O4/c1-7-12-13-18(8-2)14-19(9-3)16-23(11-5)17-20(10-4)21(26-27-23)15-22(24)25-6/h16,18,20-21H,7-15,17H2,1-6H3/b19-16+/t18?,20-,21-,23-/m1/s1. The fourth-order valence-corrected chi connectivity index (χ4v) is 4.08. The van der Waals surface area contributed by atoms with Crippen LogP contribution in [-0.2, 0) is 19.3 Å². The van der Waals surface area contributed by atoms with Gasteiger partial charge in [0.25, 0.3) is 0 Å². The molecule has 0 aliphatic carbocycles. The molecule has 0 aromatic carbocycles. The fraction of sp³-hybridized carbons (Fsp3) is 0.870. The molecule has 1 aliphatic heterocycles. The van der Waals surface area contributed by atoms with Gasteiger partial charge in [-0.2, -0.15) is 0 Å². The lowest BCUT2D eigenvalue weighted by Crippen LogP contribution is -2.44. The zero-order chi connectivity index (χ0) is 20.3. The van der Waals surface area contributed by atoms with Crippen molar-refractivity contribution in [3.8, 4) is 0 Å². The van der Waals surface area contributed by atoms with Gasteiger partial charge in [0.2, 0.25) is 0 Å². The van der Waals surface area contributed by atoms with Gasteiger partial charge >= 0.3 is 5.97 Å². The van der Waals surface area contributed by atoms with Crippen LogP contribution in [0, 0.1) is 11.8 Å². The topological polar surface area (TPSA) is 44.8 Å². The third-order valence-corrected chi connectivity index (χ3v) is 6.20. The van der Waals surface area contributed by atoms with Gasteiger partial charge in [-0.15, -0.1) is 0 Å². The molecule has 1 saturated heterocycles. The van der Waals surface area contributed by atoms with Gasteiger partial charge in [-0.25, -0.2) is 9.78 Å². The van der Waals surface area contributed by atoms with Crippen molar-refractivity contribution in [3.63, 3.8) is 0 Å². The van der Waals surface area contributed by atoms with E-state index in [-0.39, 0.29) is 24.1 Å². The fourth-order valence-electron chi connectivity index (χ4n) is 4.08. The number of esters is 1. The molecule has 0 N–H and O–H groups in total. The summed E-state index contributed by atoms with van der Waals surface area (Å²) in [5.74, 6) is 0.815. The monoisotopic (exact) mass is 382 g/mol. The van der Waals surface area contributed by atoms with E-state index in [2.05, 4.69) is 40.7 Å². The second-order valence-electron chi connectivity index (χ2n) is 8.07. The molecule has 0 saturated carbocycles. The zero-order valence-electron chi connectivity index (χ0n) is 18.5. The zero-order valence-corrected chi connectivity index (χ0v) is 18.5. The molecule has 27 heavy (non-hydrogen) atoms. The highest BCUT2D eigenvalue weighted by atomic mass is 17.2. The first-order valence-corrected chi connectivity index (χ1v) is 11.1. The molecule has 4 nitrogen and oxygen atoms in total. The number of hydrogen-bond acceptors (Lipinski definition) is 4. The summed E-state index contributed by atoms with van der Waals surface area (Å²) in [6.07, 6.45) is 12.4. The van der Waals surface area contributed by atoms with Crippen molar-refractivity contribution in [1.29, 1.82) is 0 Å². The van der Waals surface area contributed by atoms with Crippen molar-refractivity contribution in [2.24, 2.45) is 11.8 Å². The first-order chi connectivity index (χ1) is 13.0. The third kappa shape index (κ3) is 7.57. The summed E-state index contributed by atoms with van der Waals surface area (Å²) in [7, 11) is 1.42. The predicted octanol–water partition coefficient (Wildman–Crippen LogP) is 6.39. The van der Waals surface area contributed by atoms with Crippen molar-refractivity contribution >= 4 is 5.97 Å². The van der Waals surface area contributed by atoms with Gasteiger partial charge in [-0.05, 0) is 37.5 Å². The lowest BCUT2D eigenvalue weighted by molar-refractivity contribution is -0.409. The predicted molar refractivity (Wildman–Crippen MR) is 110 cm³/mol. The summed E-state index contributed by atoms with van der Waals surface area (Å²) in [4.78, 5) is 23.4. The van der Waals surface area contributed by atoms with Crippen LogP contribution in [0.15, 0.2) is 11.6 Å². The quantitative estimate of drug-likeness (QED) is 0.223. The van der Waals surface area contributed by atoms with Gasteiger partial charge in [0, 0.05) is 0 Å². The van der Waals surface area contributed by atoms with E-state index in [9.17, 15) is 4.79 Å². The summed E-state index contributed by atoms with van der Waals surface area (Å²) in [6.45, 7) is 11.1. The summed E-state index contributed by atoms with van der Waals surface area (Å²) < 4.78 is 4.81. The van der Waals surface area contributed by atoms with Crippen LogP contribution in [0.4, 0.5) is 0 Å². The number of carbonyl (C=O) groups is 1. The molecule has 4 atom stereocenters. The largest absolute Gasteiger partial charge is 0.469 e. The first-order valence-electron chi connectivity index (χ1n) is 11.1. The highest BCUT2D eigenvalue weighted by Crippen LogP contribution is 2.39. The van der Waals surface area contributed by atoms with E-state index in [0.29, 0.717) is 5.92 Å². The molecule has 0 bridgehead atoms. The van der Waals surface area contributed by atoms with Crippen LogP contribution in [0.3, 0.4) is 0 Å². The number of allylic oxidation sites excluding steroid dienone is 1. The van der Waals surface area contributed by atoms with Crippen LogP contribution in [0.2, 0.25) is 0 Å². The molecule has 1 aliphatic rings. The Morgan fingerprint density at radius 1 is 1.26 bits per heavy atom. The Kier molecular flexibility index (Phi) is 11.2. The van der Waals surface area contributed by atoms with Crippen molar-refractivity contribution in [2.75, 3.05) is 7.11 Å². The van der Waals surface area contributed by atoms with Crippen LogP contribution >= 0.6 is 0 Å². The normalized spacial score (nSPS) is 27.4. The van der Waals surface area contributed by atoms with Gasteiger partial charge in [-0.3, -0.25) is 4.79 Å². The highest BCUT2D eigenvalue weighted by Gasteiger charge is 2.41. The van der Waals surface area contributed by atoms with E-state index in [4.69, 9.17) is 14.5 Å². The molecular formula is C23H42O4. The highest BCUT2D eigenvalue weighted by molar-refractivity contribution is 5.69. The van der Waals surface area contributed by atoms with Gasteiger partial charge in [0.1, 0.15) is 11.7 Å². The van der Waals surface area contributed by atoms with E-state index < -0.39 is 0 Å². The Bertz CT molecular complexity index is 459. The minimum atomic E-state index is -0.373. The molecule has 158 valence electrons. The molecule has 1 fully saturated rings. The Labute approximate surface area is 167 Å². The molecular weight excluding hydrogens is 340 g/mol. The molecule has 1 unspecified atom stereocenters. The lowest BCUT2D eigenvalue weighted by Gasteiger charge is -2.41. The van der Waals surface area contributed by atoms with Crippen molar-refractivity contribution in [3.05, 3.63) is 11.6 Å². The second-order valence-corrected chi connectivity index (χ2v) is 8.07. The number of carbonyl (C=O) groups excluding carboxylic acids is 1.